The summed E-state index contributed by atoms with van der Waals surface area (Å²) in [5.41, 5.74) is 0.547. The first-order valence-corrected chi connectivity index (χ1v) is 9.34. The fourth-order valence-electron chi connectivity index (χ4n) is 2.92. The molecule has 0 saturated heterocycles. The Hall–Kier alpha value is -2.73. The molecule has 1 aromatic rings. The third-order valence-electron chi connectivity index (χ3n) is 4.13. The Morgan fingerprint density at radius 3 is 2.71 bits per heavy atom. The van der Waals surface area contributed by atoms with Gasteiger partial charge in [-0.3, -0.25) is 9.69 Å². The summed E-state index contributed by atoms with van der Waals surface area (Å²) in [6.07, 6.45) is 2.40. The zero-order chi connectivity index (χ0) is 20.9. The Balaban J connectivity index is 2.13. The molecule has 9 nitrogen and oxygen atoms in total. The zero-order valence-corrected chi connectivity index (χ0v) is 17.3. The SMILES string of the molecule is CN(C)CCCNC(=O)CN1Cc2cnc(C#N)nc2N(CC(C)(C)C)C1=O. The number of fused-ring (bicyclic) bond motifs is 1. The van der Waals surface area contributed by atoms with Crippen LogP contribution in [0.1, 0.15) is 38.6 Å². The topological polar surface area (TPSA) is 105 Å². The molecule has 152 valence electrons. The summed E-state index contributed by atoms with van der Waals surface area (Å²) < 4.78 is 0. The van der Waals surface area contributed by atoms with Crippen molar-refractivity contribution >= 4 is 17.8 Å². The lowest BCUT2D eigenvalue weighted by Gasteiger charge is -2.38. The van der Waals surface area contributed by atoms with Gasteiger partial charge in [0.25, 0.3) is 0 Å². The van der Waals surface area contributed by atoms with E-state index in [9.17, 15) is 9.59 Å². The number of aromatic nitrogens is 2. The molecule has 1 aliphatic heterocycles. The first kappa shape index (κ1) is 21.6. The molecule has 0 saturated carbocycles. The fourth-order valence-corrected chi connectivity index (χ4v) is 2.92. The predicted octanol–water partition coefficient (Wildman–Crippen LogP) is 1.20. The van der Waals surface area contributed by atoms with E-state index < -0.39 is 0 Å². The lowest BCUT2D eigenvalue weighted by Crippen LogP contribution is -2.53. The normalized spacial score (nSPS) is 14.1. The van der Waals surface area contributed by atoms with E-state index in [1.165, 1.54) is 4.90 Å². The van der Waals surface area contributed by atoms with Crippen LogP contribution in [0.5, 0.6) is 0 Å². The second kappa shape index (κ2) is 8.97. The number of hydrogen-bond donors (Lipinski definition) is 1. The summed E-state index contributed by atoms with van der Waals surface area (Å²) in [7, 11) is 3.96. The first-order valence-electron chi connectivity index (χ1n) is 9.34. The number of carbonyl (C=O) groups excluding carboxylic acids is 2. The molecule has 1 N–H and O–H groups in total. The molecule has 0 aliphatic carbocycles. The number of carbonyl (C=O) groups is 2. The second-order valence-electron chi connectivity index (χ2n) is 8.45. The van der Waals surface area contributed by atoms with E-state index >= 15 is 0 Å². The maximum Gasteiger partial charge on any atom is 0.326 e. The van der Waals surface area contributed by atoms with Crippen LogP contribution in [-0.2, 0) is 11.3 Å². The summed E-state index contributed by atoms with van der Waals surface area (Å²) in [5, 5.41) is 11.9. The van der Waals surface area contributed by atoms with Crippen LogP contribution in [0.15, 0.2) is 6.20 Å². The number of nitrogens with one attached hydrogen (secondary N) is 1. The number of nitrogens with zero attached hydrogens (tertiary/aromatic N) is 6. The van der Waals surface area contributed by atoms with Crippen LogP contribution in [0.3, 0.4) is 0 Å². The van der Waals surface area contributed by atoms with Crippen LogP contribution in [0.25, 0.3) is 0 Å². The van der Waals surface area contributed by atoms with E-state index in [-0.39, 0.29) is 36.3 Å². The predicted molar refractivity (Wildman–Crippen MR) is 106 cm³/mol. The van der Waals surface area contributed by atoms with Crippen molar-refractivity contribution in [2.24, 2.45) is 5.41 Å². The Kier molecular flexibility index (Phi) is 6.91. The highest BCUT2D eigenvalue weighted by Gasteiger charge is 2.35. The lowest BCUT2D eigenvalue weighted by atomic mass is 9.95. The number of anilines is 1. The highest BCUT2D eigenvalue weighted by atomic mass is 16.2. The molecule has 0 bridgehead atoms. The molecule has 2 heterocycles. The monoisotopic (exact) mass is 387 g/mol. The molecule has 0 aromatic carbocycles. The summed E-state index contributed by atoms with van der Waals surface area (Å²) in [4.78, 5) is 38.7. The Labute approximate surface area is 166 Å². The van der Waals surface area contributed by atoms with Crippen molar-refractivity contribution in [1.82, 2.24) is 25.1 Å². The lowest BCUT2D eigenvalue weighted by molar-refractivity contribution is -0.121. The van der Waals surface area contributed by atoms with E-state index in [1.54, 1.807) is 11.1 Å². The van der Waals surface area contributed by atoms with Gasteiger partial charge in [0.2, 0.25) is 11.7 Å². The van der Waals surface area contributed by atoms with Gasteiger partial charge in [-0.1, -0.05) is 20.8 Å². The smallest absolute Gasteiger partial charge is 0.326 e. The van der Waals surface area contributed by atoms with Crippen LogP contribution in [-0.4, -0.2) is 72.0 Å². The number of urea groups is 1. The zero-order valence-electron chi connectivity index (χ0n) is 17.3. The van der Waals surface area contributed by atoms with Crippen molar-refractivity contribution in [2.75, 3.05) is 45.2 Å². The second-order valence-corrected chi connectivity index (χ2v) is 8.45. The van der Waals surface area contributed by atoms with Crippen molar-refractivity contribution in [3.63, 3.8) is 0 Å². The molecular weight excluding hydrogens is 358 g/mol. The van der Waals surface area contributed by atoms with Gasteiger partial charge >= 0.3 is 6.03 Å². The van der Waals surface area contributed by atoms with Crippen molar-refractivity contribution < 1.29 is 9.59 Å². The minimum atomic E-state index is -0.284. The Morgan fingerprint density at radius 2 is 2.11 bits per heavy atom. The first-order chi connectivity index (χ1) is 13.1. The maximum absolute atomic E-state index is 13.0. The molecule has 9 heteroatoms. The van der Waals surface area contributed by atoms with Gasteiger partial charge in [0.05, 0.1) is 6.54 Å². The minimum Gasteiger partial charge on any atom is -0.355 e. The average molecular weight is 387 g/mol. The molecule has 0 atom stereocenters. The fraction of sp³-hybridized carbons (Fsp3) is 0.632. The van der Waals surface area contributed by atoms with E-state index in [0.29, 0.717) is 18.9 Å². The molecule has 28 heavy (non-hydrogen) atoms. The van der Waals surface area contributed by atoms with Crippen LogP contribution < -0.4 is 10.2 Å². The van der Waals surface area contributed by atoms with Crippen LogP contribution >= 0.6 is 0 Å². The summed E-state index contributed by atoms with van der Waals surface area (Å²) in [6.45, 7) is 8.13. The quantitative estimate of drug-likeness (QED) is 0.705. The molecule has 0 fully saturated rings. The van der Waals surface area contributed by atoms with Gasteiger partial charge < -0.3 is 15.1 Å². The van der Waals surface area contributed by atoms with Crippen LogP contribution in [0.4, 0.5) is 10.6 Å². The Morgan fingerprint density at radius 1 is 1.39 bits per heavy atom. The van der Waals surface area contributed by atoms with Crippen molar-refractivity contribution in [3.05, 3.63) is 17.6 Å². The molecule has 0 spiro atoms. The van der Waals surface area contributed by atoms with E-state index in [2.05, 4.69) is 20.2 Å². The number of amides is 3. The molecular formula is C19H29N7O2. The highest BCUT2D eigenvalue weighted by Crippen LogP contribution is 2.29. The third kappa shape index (κ3) is 5.89. The van der Waals surface area contributed by atoms with Crippen LogP contribution in [0.2, 0.25) is 0 Å². The number of nitriles is 1. The molecule has 1 aliphatic rings. The number of rotatable bonds is 7. The van der Waals surface area contributed by atoms with Gasteiger partial charge in [-0.05, 0) is 32.5 Å². The van der Waals surface area contributed by atoms with Gasteiger partial charge in [-0.2, -0.15) is 5.26 Å². The van der Waals surface area contributed by atoms with Crippen LogP contribution in [0, 0.1) is 16.7 Å². The van der Waals surface area contributed by atoms with Crippen molar-refractivity contribution in [2.45, 2.75) is 33.7 Å². The largest absolute Gasteiger partial charge is 0.355 e. The molecule has 2 rings (SSSR count). The van der Waals surface area contributed by atoms with E-state index in [0.717, 1.165) is 18.5 Å². The molecule has 0 radical (unpaired) electrons. The van der Waals surface area contributed by atoms with E-state index in [4.69, 9.17) is 5.26 Å². The summed E-state index contributed by atoms with van der Waals surface area (Å²) in [6, 6.07) is 1.63. The van der Waals surface area contributed by atoms with Gasteiger partial charge in [0, 0.05) is 24.8 Å². The molecule has 3 amide bonds. The summed E-state index contributed by atoms with van der Waals surface area (Å²) >= 11 is 0. The molecule has 1 aromatic heterocycles. The van der Waals surface area contributed by atoms with Crippen molar-refractivity contribution in [3.8, 4) is 6.07 Å². The van der Waals surface area contributed by atoms with Gasteiger partial charge in [0.15, 0.2) is 0 Å². The number of hydrogen-bond acceptors (Lipinski definition) is 6. The van der Waals surface area contributed by atoms with Gasteiger partial charge in [0.1, 0.15) is 18.4 Å². The van der Waals surface area contributed by atoms with E-state index in [1.807, 2.05) is 40.9 Å². The molecule has 0 unspecified atom stereocenters. The highest BCUT2D eigenvalue weighted by molar-refractivity contribution is 5.96. The van der Waals surface area contributed by atoms with Crippen molar-refractivity contribution in [1.29, 1.82) is 5.26 Å². The van der Waals surface area contributed by atoms with Gasteiger partial charge in [-0.25, -0.2) is 14.8 Å². The minimum absolute atomic E-state index is 0.0255. The third-order valence-corrected chi connectivity index (χ3v) is 4.13. The maximum atomic E-state index is 13.0. The average Bonchev–Trinajstić information content (AvgIpc) is 2.61. The standard InChI is InChI=1S/C19H29N7O2/c1-19(2,3)13-26-17-14(10-22-15(9-20)23-17)11-25(18(26)28)12-16(27)21-7-6-8-24(4)5/h10H,6-8,11-13H2,1-5H3,(H,21,27). The summed E-state index contributed by atoms with van der Waals surface area (Å²) in [5.74, 6) is 0.285. The Bertz CT molecular complexity index is 765. The van der Waals surface area contributed by atoms with Gasteiger partial charge in [-0.15, -0.1) is 0 Å².